The van der Waals surface area contributed by atoms with Gasteiger partial charge in [0.05, 0.1) is 17.4 Å². The average molecular weight is 477 g/mol. The predicted octanol–water partition coefficient (Wildman–Crippen LogP) is 3.13. The molecule has 1 aliphatic carbocycles. The third kappa shape index (κ3) is 5.11. The van der Waals surface area contributed by atoms with Gasteiger partial charge in [-0.25, -0.2) is 9.87 Å². The molecule has 9 heteroatoms. The van der Waals surface area contributed by atoms with E-state index in [1.54, 1.807) is 49.0 Å². The van der Waals surface area contributed by atoms with Crippen LogP contribution >= 0.6 is 0 Å². The van der Waals surface area contributed by atoms with Gasteiger partial charge < -0.3 is 14.4 Å². The zero-order valence-electron chi connectivity index (χ0n) is 18.6. The van der Waals surface area contributed by atoms with Gasteiger partial charge in [-0.05, 0) is 61.1 Å². The third-order valence-corrected chi connectivity index (χ3v) is 8.42. The molecule has 2 fully saturated rings. The number of methoxy groups -OCH3 is 1. The van der Waals surface area contributed by atoms with Gasteiger partial charge in [-0.2, -0.15) is 0 Å². The number of carbonyl (C=O) groups is 1. The zero-order valence-corrected chi connectivity index (χ0v) is 19.4. The van der Waals surface area contributed by atoms with E-state index in [0.29, 0.717) is 49.0 Å². The number of likely N-dealkylation sites (tertiary alicyclic amines) is 1. The molecule has 2 aromatic rings. The van der Waals surface area contributed by atoms with Gasteiger partial charge in [-0.1, -0.05) is 18.2 Å². The second kappa shape index (κ2) is 10.3. The molecule has 2 aromatic carbocycles. The van der Waals surface area contributed by atoms with Crippen LogP contribution in [0.4, 0.5) is 4.39 Å². The Labute approximate surface area is 195 Å². The maximum absolute atomic E-state index is 14.4. The second-order valence-electron chi connectivity index (χ2n) is 8.48. The predicted molar refractivity (Wildman–Crippen MR) is 122 cm³/mol. The Hall–Kier alpha value is -2.33. The summed E-state index contributed by atoms with van der Waals surface area (Å²) in [5.74, 6) is -0.924. The topological polar surface area (TPSA) is 88.1 Å². The zero-order chi connectivity index (χ0) is 23.4. The molecule has 1 atom stereocenters. The molecule has 2 aliphatic rings. The number of nitrogens with zero attached hydrogens (tertiary/aromatic N) is 1. The Morgan fingerprint density at radius 3 is 2.39 bits per heavy atom. The van der Waals surface area contributed by atoms with Crippen LogP contribution in [0.15, 0.2) is 47.4 Å². The van der Waals surface area contributed by atoms with Gasteiger partial charge in [0.2, 0.25) is 0 Å². The molecule has 0 spiro atoms. The normalized spacial score (nSPS) is 19.1. The maximum Gasteiger partial charge on any atom is 0.262 e. The summed E-state index contributed by atoms with van der Waals surface area (Å²) < 4.78 is 37.0. The lowest BCUT2D eigenvalue weighted by Gasteiger charge is -2.39. The van der Waals surface area contributed by atoms with Crippen LogP contribution in [0.25, 0.3) is 11.1 Å². The standard InChI is InChI=1S/C24H29FN2O5S/c1-31-14-15-32-22-9-4-18(16-21(22)25)17-2-7-20(8-3-17)33(30)24(23(28)26-29)10-12-27(13-11-24)19-5-6-19/h2-4,7-9,16,19,29H,5-6,10-15H2,1H3,(H,26,28). The number of hydrogen-bond donors (Lipinski definition) is 2. The molecule has 1 saturated carbocycles. The van der Waals surface area contributed by atoms with Gasteiger partial charge in [-0.15, -0.1) is 0 Å². The second-order valence-corrected chi connectivity index (χ2v) is 10.3. The minimum Gasteiger partial charge on any atom is -0.488 e. The highest BCUT2D eigenvalue weighted by atomic mass is 32.2. The summed E-state index contributed by atoms with van der Waals surface area (Å²) in [5.41, 5.74) is 3.15. The summed E-state index contributed by atoms with van der Waals surface area (Å²) in [4.78, 5) is 15.4. The number of amides is 1. The van der Waals surface area contributed by atoms with Gasteiger partial charge in [0.1, 0.15) is 11.4 Å². The number of ether oxygens (including phenoxy) is 2. The fraction of sp³-hybridized carbons (Fsp3) is 0.458. The van der Waals surface area contributed by atoms with Crippen molar-refractivity contribution >= 4 is 16.7 Å². The summed E-state index contributed by atoms with van der Waals surface area (Å²) in [5, 5.41) is 9.34. The van der Waals surface area contributed by atoms with Gasteiger partial charge in [0.25, 0.3) is 5.91 Å². The Morgan fingerprint density at radius 1 is 1.15 bits per heavy atom. The molecule has 1 saturated heterocycles. The number of halogens is 1. The fourth-order valence-electron chi connectivity index (χ4n) is 4.32. The lowest BCUT2D eigenvalue weighted by atomic mass is 9.94. The molecular formula is C24H29FN2O5S. The minimum absolute atomic E-state index is 0.156. The number of rotatable bonds is 9. The Kier molecular flexibility index (Phi) is 7.43. The van der Waals surface area contributed by atoms with E-state index in [1.807, 2.05) is 0 Å². The van der Waals surface area contributed by atoms with Crippen LogP contribution in [0.2, 0.25) is 0 Å². The number of benzene rings is 2. The largest absolute Gasteiger partial charge is 0.488 e. The minimum atomic E-state index is -1.65. The van der Waals surface area contributed by atoms with Crippen LogP contribution in [0.1, 0.15) is 25.7 Å². The molecule has 2 N–H and O–H groups in total. The molecule has 1 unspecified atom stereocenters. The van der Waals surface area contributed by atoms with Gasteiger partial charge in [-0.3, -0.25) is 14.2 Å². The number of carbonyl (C=O) groups excluding carboxylic acids is 1. The first-order valence-electron chi connectivity index (χ1n) is 11.1. The van der Waals surface area contributed by atoms with Crippen LogP contribution < -0.4 is 10.2 Å². The molecule has 0 radical (unpaired) electrons. The lowest BCUT2D eigenvalue weighted by Crippen LogP contribution is -2.56. The molecule has 4 rings (SSSR count). The number of nitrogens with one attached hydrogen (secondary N) is 1. The fourth-order valence-corrected chi connectivity index (χ4v) is 5.92. The van der Waals surface area contributed by atoms with E-state index in [2.05, 4.69) is 4.90 Å². The molecule has 0 bridgehead atoms. The van der Waals surface area contributed by atoms with Gasteiger partial charge >= 0.3 is 0 Å². The van der Waals surface area contributed by atoms with E-state index >= 15 is 0 Å². The summed E-state index contributed by atoms with van der Waals surface area (Å²) in [6.07, 6.45) is 3.18. The van der Waals surface area contributed by atoms with Crippen LogP contribution in [-0.4, -0.2) is 64.4 Å². The van der Waals surface area contributed by atoms with Crippen molar-refractivity contribution in [2.45, 2.75) is 41.4 Å². The van der Waals surface area contributed by atoms with Crippen LogP contribution in [-0.2, 0) is 20.3 Å². The van der Waals surface area contributed by atoms with Crippen molar-refractivity contribution in [1.82, 2.24) is 10.4 Å². The number of hydrogen-bond acceptors (Lipinski definition) is 6. The van der Waals surface area contributed by atoms with Crippen molar-refractivity contribution < 1.29 is 28.1 Å². The smallest absolute Gasteiger partial charge is 0.262 e. The highest BCUT2D eigenvalue weighted by Crippen LogP contribution is 2.37. The first-order valence-corrected chi connectivity index (χ1v) is 12.3. The van der Waals surface area contributed by atoms with E-state index in [9.17, 15) is 18.6 Å². The third-order valence-electron chi connectivity index (χ3n) is 6.42. The quantitative estimate of drug-likeness (QED) is 0.329. The molecule has 7 nitrogen and oxygen atoms in total. The SMILES string of the molecule is COCCOc1ccc(-c2ccc(S(=O)C3(C(=O)NO)CCN(C4CC4)CC3)cc2)cc1F. The average Bonchev–Trinajstić information content (AvgIpc) is 3.70. The first-order chi connectivity index (χ1) is 16.0. The maximum atomic E-state index is 14.4. The van der Waals surface area contributed by atoms with Crippen LogP contribution in [0.5, 0.6) is 5.75 Å². The van der Waals surface area contributed by atoms with Crippen LogP contribution in [0, 0.1) is 5.82 Å². The Balaban J connectivity index is 1.50. The van der Waals surface area contributed by atoms with E-state index in [0.717, 1.165) is 5.56 Å². The number of piperidine rings is 1. The number of hydroxylamine groups is 1. The summed E-state index contributed by atoms with van der Waals surface area (Å²) in [7, 11) is -0.0981. The molecule has 1 amide bonds. The lowest BCUT2D eigenvalue weighted by molar-refractivity contribution is -0.133. The van der Waals surface area contributed by atoms with Crippen molar-refractivity contribution in [3.8, 4) is 16.9 Å². The van der Waals surface area contributed by atoms with Crippen molar-refractivity contribution in [1.29, 1.82) is 0 Å². The summed E-state index contributed by atoms with van der Waals surface area (Å²) >= 11 is 0. The monoisotopic (exact) mass is 476 g/mol. The van der Waals surface area contributed by atoms with Gasteiger partial charge in [0, 0.05) is 31.1 Å². The molecule has 33 heavy (non-hydrogen) atoms. The van der Waals surface area contributed by atoms with Crippen molar-refractivity contribution in [2.24, 2.45) is 0 Å². The summed E-state index contributed by atoms with van der Waals surface area (Å²) in [6.45, 7) is 1.99. The molecule has 1 aliphatic heterocycles. The van der Waals surface area contributed by atoms with Crippen molar-refractivity contribution in [3.05, 3.63) is 48.3 Å². The highest BCUT2D eigenvalue weighted by molar-refractivity contribution is 7.87. The van der Waals surface area contributed by atoms with Crippen LogP contribution in [0.3, 0.4) is 0 Å². The molecular weight excluding hydrogens is 447 g/mol. The van der Waals surface area contributed by atoms with E-state index in [-0.39, 0.29) is 12.4 Å². The van der Waals surface area contributed by atoms with E-state index in [4.69, 9.17) is 9.47 Å². The van der Waals surface area contributed by atoms with Gasteiger partial charge in [0.15, 0.2) is 11.6 Å². The Bertz CT molecular complexity index is 1000. The molecule has 0 aromatic heterocycles. The first kappa shape index (κ1) is 23.8. The highest BCUT2D eigenvalue weighted by Gasteiger charge is 2.49. The van der Waals surface area contributed by atoms with E-state index in [1.165, 1.54) is 18.9 Å². The molecule has 1 heterocycles. The Morgan fingerprint density at radius 2 is 1.82 bits per heavy atom. The summed E-state index contributed by atoms with van der Waals surface area (Å²) in [6, 6.07) is 12.2. The molecule has 178 valence electrons. The van der Waals surface area contributed by atoms with E-state index < -0.39 is 27.3 Å². The van der Waals surface area contributed by atoms with Crippen molar-refractivity contribution in [2.75, 3.05) is 33.4 Å². The van der Waals surface area contributed by atoms with Crippen molar-refractivity contribution in [3.63, 3.8) is 0 Å².